The van der Waals surface area contributed by atoms with Gasteiger partial charge in [-0.1, -0.05) is 37.6 Å². The highest BCUT2D eigenvalue weighted by atomic mass is 32.2. The molecule has 1 N–H and O–H groups in total. The molecule has 3 aromatic rings. The lowest BCUT2D eigenvalue weighted by atomic mass is 10.1. The van der Waals surface area contributed by atoms with E-state index in [1.165, 1.54) is 23.4 Å². The molecule has 0 spiro atoms. The number of amidine groups is 1. The van der Waals surface area contributed by atoms with Gasteiger partial charge < -0.3 is 9.73 Å². The molecule has 0 aliphatic carbocycles. The minimum Gasteiger partial charge on any atom is -0.456 e. The van der Waals surface area contributed by atoms with Crippen LogP contribution in [0.4, 0.5) is 11.4 Å². The van der Waals surface area contributed by atoms with Crippen molar-refractivity contribution in [3.8, 4) is 11.3 Å². The van der Waals surface area contributed by atoms with Gasteiger partial charge in [0.1, 0.15) is 11.5 Å². The number of benzene rings is 2. The zero-order valence-electron chi connectivity index (χ0n) is 17.4. The van der Waals surface area contributed by atoms with Crippen LogP contribution < -0.4 is 5.32 Å². The predicted octanol–water partition coefficient (Wildman–Crippen LogP) is 6.09. The monoisotopic (exact) mass is 447 g/mol. The zero-order valence-corrected chi connectivity index (χ0v) is 18.2. The number of amides is 1. The summed E-state index contributed by atoms with van der Waals surface area (Å²) in [5.74, 6) is 0.527. The maximum absolute atomic E-state index is 12.4. The number of aliphatic imine (C=N–C) groups is 1. The Morgan fingerprint density at radius 2 is 1.91 bits per heavy atom. The fourth-order valence-electron chi connectivity index (χ4n) is 3.26. The Balaban J connectivity index is 1.50. The van der Waals surface area contributed by atoms with Crippen LogP contribution in [-0.2, 0) is 11.2 Å². The standard InChI is InChI=1S/C24H21N3O4S/c1-2-3-6-16-9-11-17(12-10-16)25-24-26-23(28)22(32-24)15-18-13-14-21(31-18)19-7-4-5-8-20(19)27(29)30/h4-5,7-15H,2-3,6H2,1H3,(H,25,26,28). The first kappa shape index (κ1) is 21.6. The van der Waals surface area contributed by atoms with Crippen LogP contribution in [-0.4, -0.2) is 16.0 Å². The van der Waals surface area contributed by atoms with Crippen LogP contribution in [0.25, 0.3) is 17.4 Å². The van der Waals surface area contributed by atoms with E-state index in [1.807, 2.05) is 12.1 Å². The summed E-state index contributed by atoms with van der Waals surface area (Å²) in [6.07, 6.45) is 4.96. The SMILES string of the molecule is CCCCc1ccc(N=C2NC(=O)C(=Cc3ccc(-c4ccccc4[N+](=O)[O-])o3)S2)cc1. The number of aryl methyl sites for hydroxylation is 1. The summed E-state index contributed by atoms with van der Waals surface area (Å²) < 4.78 is 5.76. The summed E-state index contributed by atoms with van der Waals surface area (Å²) in [7, 11) is 0. The van der Waals surface area contributed by atoms with Crippen LogP contribution in [0.15, 0.2) is 75.0 Å². The summed E-state index contributed by atoms with van der Waals surface area (Å²) >= 11 is 1.22. The van der Waals surface area contributed by atoms with E-state index in [1.54, 1.807) is 36.4 Å². The van der Waals surface area contributed by atoms with Gasteiger partial charge in [-0.3, -0.25) is 14.9 Å². The number of nitrogens with zero attached hydrogens (tertiary/aromatic N) is 2. The van der Waals surface area contributed by atoms with Crippen LogP contribution in [0.2, 0.25) is 0 Å². The number of hydrogen-bond donors (Lipinski definition) is 1. The molecule has 0 saturated carbocycles. The maximum atomic E-state index is 12.4. The quantitative estimate of drug-likeness (QED) is 0.268. The van der Waals surface area contributed by atoms with Crippen molar-refractivity contribution in [1.29, 1.82) is 0 Å². The lowest BCUT2D eigenvalue weighted by Crippen LogP contribution is -2.19. The number of unbranched alkanes of at least 4 members (excludes halogenated alkanes) is 1. The third-order valence-corrected chi connectivity index (χ3v) is 5.81. The average Bonchev–Trinajstić information content (AvgIpc) is 3.40. The number of nitrogens with one attached hydrogen (secondary N) is 1. The Bertz CT molecular complexity index is 1210. The first-order valence-electron chi connectivity index (χ1n) is 10.3. The molecule has 0 radical (unpaired) electrons. The molecular formula is C24H21N3O4S. The van der Waals surface area contributed by atoms with Gasteiger partial charge in [0.05, 0.1) is 21.1 Å². The molecule has 0 bridgehead atoms. The largest absolute Gasteiger partial charge is 0.456 e. The van der Waals surface area contributed by atoms with Crippen molar-refractivity contribution in [1.82, 2.24) is 5.32 Å². The molecule has 1 aromatic heterocycles. The molecule has 8 heteroatoms. The molecule has 0 unspecified atom stereocenters. The minimum atomic E-state index is -0.449. The first-order valence-corrected chi connectivity index (χ1v) is 11.1. The number of hydrogen-bond acceptors (Lipinski definition) is 6. The molecular weight excluding hydrogens is 426 g/mol. The molecule has 0 atom stereocenters. The lowest BCUT2D eigenvalue weighted by Gasteiger charge is -2.01. The first-order chi connectivity index (χ1) is 15.5. The molecule has 1 fully saturated rings. The Hall–Kier alpha value is -3.65. The van der Waals surface area contributed by atoms with Crippen molar-refractivity contribution in [2.75, 3.05) is 0 Å². The molecule has 1 amide bonds. The van der Waals surface area contributed by atoms with Gasteiger partial charge in [-0.05, 0) is 60.5 Å². The molecule has 2 aromatic carbocycles. The van der Waals surface area contributed by atoms with Gasteiger partial charge in [0, 0.05) is 12.1 Å². The predicted molar refractivity (Wildman–Crippen MR) is 127 cm³/mol. The highest BCUT2D eigenvalue weighted by molar-refractivity contribution is 8.18. The number of furan rings is 1. The smallest absolute Gasteiger partial charge is 0.280 e. The van der Waals surface area contributed by atoms with Gasteiger partial charge in [0.15, 0.2) is 5.17 Å². The van der Waals surface area contributed by atoms with E-state index in [9.17, 15) is 14.9 Å². The van der Waals surface area contributed by atoms with E-state index in [-0.39, 0.29) is 11.6 Å². The number of carbonyl (C=O) groups is 1. The van der Waals surface area contributed by atoms with Crippen molar-refractivity contribution >= 4 is 40.3 Å². The number of nitro benzene ring substituents is 1. The summed E-state index contributed by atoms with van der Waals surface area (Å²) in [6, 6.07) is 17.7. The number of thioether (sulfide) groups is 1. The molecule has 162 valence electrons. The van der Waals surface area contributed by atoms with Crippen LogP contribution in [0.5, 0.6) is 0 Å². The van der Waals surface area contributed by atoms with Gasteiger partial charge in [-0.15, -0.1) is 0 Å². The van der Waals surface area contributed by atoms with E-state index in [2.05, 4.69) is 29.4 Å². The van der Waals surface area contributed by atoms with Crippen LogP contribution in [0.1, 0.15) is 31.1 Å². The normalized spacial score (nSPS) is 16.0. The fraction of sp³-hybridized carbons (Fsp3) is 0.167. The number of carbonyl (C=O) groups excluding carboxylic acids is 1. The summed E-state index contributed by atoms with van der Waals surface area (Å²) in [5, 5.41) is 14.5. The molecule has 1 aliphatic heterocycles. The van der Waals surface area contributed by atoms with Crippen molar-refractivity contribution in [2.45, 2.75) is 26.2 Å². The Kier molecular flexibility index (Phi) is 6.51. The molecule has 32 heavy (non-hydrogen) atoms. The van der Waals surface area contributed by atoms with Crippen LogP contribution in [0, 0.1) is 10.1 Å². The van der Waals surface area contributed by atoms with Gasteiger partial charge >= 0.3 is 0 Å². The van der Waals surface area contributed by atoms with E-state index in [4.69, 9.17) is 4.42 Å². The zero-order chi connectivity index (χ0) is 22.5. The van der Waals surface area contributed by atoms with Crippen LogP contribution in [0.3, 0.4) is 0 Å². The Morgan fingerprint density at radius 1 is 1.12 bits per heavy atom. The fourth-order valence-corrected chi connectivity index (χ4v) is 4.08. The molecule has 2 heterocycles. The lowest BCUT2D eigenvalue weighted by molar-refractivity contribution is -0.384. The van der Waals surface area contributed by atoms with Crippen molar-refractivity contribution < 1.29 is 14.1 Å². The third-order valence-electron chi connectivity index (χ3n) is 4.90. The van der Waals surface area contributed by atoms with Crippen molar-refractivity contribution in [2.24, 2.45) is 4.99 Å². The highest BCUT2D eigenvalue weighted by Gasteiger charge is 2.25. The minimum absolute atomic E-state index is 0.0378. The molecule has 7 nitrogen and oxygen atoms in total. The second-order valence-corrected chi connectivity index (χ2v) is 8.26. The maximum Gasteiger partial charge on any atom is 0.280 e. The molecule has 1 aliphatic rings. The summed E-state index contributed by atoms with van der Waals surface area (Å²) in [4.78, 5) is 28.1. The summed E-state index contributed by atoms with van der Waals surface area (Å²) in [5.41, 5.74) is 2.39. The number of rotatable bonds is 7. The summed E-state index contributed by atoms with van der Waals surface area (Å²) in [6.45, 7) is 2.17. The van der Waals surface area contributed by atoms with E-state index >= 15 is 0 Å². The Labute approximate surface area is 189 Å². The number of nitro groups is 1. The van der Waals surface area contributed by atoms with Crippen molar-refractivity contribution in [3.05, 3.63) is 87.0 Å². The van der Waals surface area contributed by atoms with E-state index in [0.29, 0.717) is 27.2 Å². The average molecular weight is 448 g/mol. The van der Waals surface area contributed by atoms with Crippen molar-refractivity contribution in [3.63, 3.8) is 0 Å². The van der Waals surface area contributed by atoms with Gasteiger partial charge in [-0.2, -0.15) is 0 Å². The topological polar surface area (TPSA) is 97.7 Å². The third kappa shape index (κ3) is 4.97. The van der Waals surface area contributed by atoms with E-state index < -0.39 is 4.92 Å². The van der Waals surface area contributed by atoms with Gasteiger partial charge in [-0.25, -0.2) is 4.99 Å². The Morgan fingerprint density at radius 3 is 2.66 bits per heavy atom. The second kappa shape index (κ2) is 9.65. The van der Waals surface area contributed by atoms with Gasteiger partial charge in [0.25, 0.3) is 11.6 Å². The molecule has 4 rings (SSSR count). The van der Waals surface area contributed by atoms with Gasteiger partial charge in [0.2, 0.25) is 0 Å². The van der Waals surface area contributed by atoms with E-state index in [0.717, 1.165) is 24.9 Å². The number of para-hydroxylation sites is 1. The van der Waals surface area contributed by atoms with Crippen LogP contribution >= 0.6 is 11.8 Å². The second-order valence-electron chi connectivity index (χ2n) is 7.23. The highest BCUT2D eigenvalue weighted by Crippen LogP contribution is 2.33. The molecule has 1 saturated heterocycles.